The highest BCUT2D eigenvalue weighted by Crippen LogP contribution is 2.62. The number of rotatable bonds is 4. The molecular weight excluding hydrogens is 669 g/mol. The van der Waals surface area contributed by atoms with Crippen molar-refractivity contribution < 1.29 is 0 Å². The minimum atomic E-state index is -0.625. The second-order valence-electron chi connectivity index (χ2n) is 14.3. The zero-order valence-electron chi connectivity index (χ0n) is 29.5. The minimum absolute atomic E-state index is 0.625. The molecule has 0 atom stereocenters. The van der Waals surface area contributed by atoms with Crippen LogP contribution in [-0.2, 0) is 5.41 Å². The van der Waals surface area contributed by atoms with Gasteiger partial charge in [-0.2, -0.15) is 0 Å². The van der Waals surface area contributed by atoms with Crippen LogP contribution < -0.4 is 0 Å². The van der Waals surface area contributed by atoms with Crippen LogP contribution in [0.4, 0.5) is 0 Å². The van der Waals surface area contributed by atoms with Gasteiger partial charge in [0.15, 0.2) is 0 Å². The highest BCUT2D eigenvalue weighted by molar-refractivity contribution is 8.00. The van der Waals surface area contributed by atoms with Gasteiger partial charge in [0.1, 0.15) is 0 Å². The monoisotopic (exact) mass is 702 g/mol. The summed E-state index contributed by atoms with van der Waals surface area (Å²) >= 11 is 1.96. The summed E-state index contributed by atoms with van der Waals surface area (Å²) in [5.74, 6) is 0. The molecule has 0 aromatic heterocycles. The van der Waals surface area contributed by atoms with Gasteiger partial charge in [-0.3, -0.25) is 0 Å². The average Bonchev–Trinajstić information content (AvgIpc) is 3.26. The summed E-state index contributed by atoms with van der Waals surface area (Å²) in [6, 6.07) is 76.6. The van der Waals surface area contributed by atoms with Gasteiger partial charge in [-0.25, -0.2) is 0 Å². The second-order valence-corrected chi connectivity index (χ2v) is 15.4. The van der Waals surface area contributed by atoms with Gasteiger partial charge in [-0.05, 0) is 87.6 Å². The predicted molar refractivity (Wildman–Crippen MR) is 230 cm³/mol. The zero-order valence-corrected chi connectivity index (χ0v) is 30.4. The molecule has 0 saturated carbocycles. The fourth-order valence-electron chi connectivity index (χ4n) is 9.23. The molecule has 0 unspecified atom stereocenters. The predicted octanol–water partition coefficient (Wildman–Crippen LogP) is 14.5. The Morgan fingerprint density at radius 3 is 0.981 bits per heavy atom. The Bertz CT molecular complexity index is 2910. The number of fused-ring (bicyclic) bond motifs is 12. The molecule has 1 aliphatic rings. The van der Waals surface area contributed by atoms with E-state index in [1.165, 1.54) is 97.4 Å². The lowest BCUT2D eigenvalue weighted by Gasteiger charge is -2.44. The van der Waals surface area contributed by atoms with E-state index in [9.17, 15) is 0 Å². The summed E-state index contributed by atoms with van der Waals surface area (Å²) in [5.41, 5.74) is 9.51. The summed E-state index contributed by atoms with van der Waals surface area (Å²) in [6.45, 7) is 0. The van der Waals surface area contributed by atoms with Gasteiger partial charge >= 0.3 is 0 Å². The molecule has 10 aromatic carbocycles. The molecule has 0 bridgehead atoms. The normalized spacial score (nSPS) is 13.3. The molecule has 10 aromatic rings. The minimum Gasteiger partial charge on any atom is -0.0880 e. The van der Waals surface area contributed by atoms with Gasteiger partial charge in [0, 0.05) is 9.79 Å². The summed E-state index contributed by atoms with van der Waals surface area (Å²) in [6.07, 6.45) is 0. The molecule has 0 nitrogen and oxygen atoms in total. The fourth-order valence-corrected chi connectivity index (χ4v) is 10.7. The van der Waals surface area contributed by atoms with Gasteiger partial charge < -0.3 is 0 Å². The first-order chi connectivity index (χ1) is 26.8. The topological polar surface area (TPSA) is 0 Å². The summed E-state index contributed by atoms with van der Waals surface area (Å²) in [7, 11) is 0. The zero-order chi connectivity index (χ0) is 35.6. The molecule has 11 rings (SSSR count). The molecule has 0 N–H and O–H groups in total. The Hall–Kier alpha value is -6.41. The molecule has 1 heterocycles. The third kappa shape index (κ3) is 4.52. The van der Waals surface area contributed by atoms with E-state index in [4.69, 9.17) is 0 Å². The van der Waals surface area contributed by atoms with Gasteiger partial charge in [0.05, 0.1) is 5.41 Å². The van der Waals surface area contributed by atoms with Crippen LogP contribution in [0, 0.1) is 0 Å². The van der Waals surface area contributed by atoms with E-state index in [0.29, 0.717) is 0 Å². The molecule has 0 saturated heterocycles. The third-order valence-corrected chi connectivity index (χ3v) is 12.8. The molecular formula is C53H34S. The molecule has 0 amide bonds. The molecule has 0 radical (unpaired) electrons. The van der Waals surface area contributed by atoms with Crippen LogP contribution in [0.25, 0.3) is 65.3 Å². The summed E-state index contributed by atoms with van der Waals surface area (Å²) in [5, 5.41) is 10.4. The van der Waals surface area contributed by atoms with E-state index < -0.39 is 5.41 Å². The summed E-state index contributed by atoms with van der Waals surface area (Å²) < 4.78 is 0. The quantitative estimate of drug-likeness (QED) is 0.165. The van der Waals surface area contributed by atoms with Crippen molar-refractivity contribution in [1.82, 2.24) is 0 Å². The molecule has 1 heteroatoms. The number of benzene rings is 10. The van der Waals surface area contributed by atoms with Gasteiger partial charge in [0.25, 0.3) is 0 Å². The van der Waals surface area contributed by atoms with Crippen molar-refractivity contribution in [2.75, 3.05) is 0 Å². The van der Waals surface area contributed by atoms with Crippen LogP contribution in [0.15, 0.2) is 216 Å². The Morgan fingerprint density at radius 2 is 0.537 bits per heavy atom. The highest BCUT2D eigenvalue weighted by Gasteiger charge is 2.47. The van der Waals surface area contributed by atoms with Crippen LogP contribution in [0.3, 0.4) is 0 Å². The molecule has 0 fully saturated rings. The fraction of sp³-hybridized carbons (Fsp3) is 0.0189. The Kier molecular flexibility index (Phi) is 7.12. The standard InChI is InChI=1S/C53H34S/c1-3-15-35(16-4-1)36-27-29-37(30-28-36)38-31-33-40(34-32-38)53(39-17-5-2-6-18-39)49-45-23-11-7-19-41(45)43-21-9-13-25-47(43)51(49)54-52-48-26-14-10-22-44(48)42-20-8-12-24-46(42)50(52)53/h1-34H. The van der Waals surface area contributed by atoms with Crippen LogP contribution in [-0.4, -0.2) is 0 Å². The van der Waals surface area contributed by atoms with Crippen LogP contribution in [0.5, 0.6) is 0 Å². The first-order valence-corrected chi connectivity index (χ1v) is 19.5. The Morgan fingerprint density at radius 1 is 0.241 bits per heavy atom. The van der Waals surface area contributed by atoms with Crippen molar-refractivity contribution in [1.29, 1.82) is 0 Å². The van der Waals surface area contributed by atoms with Gasteiger partial charge in [0.2, 0.25) is 0 Å². The van der Waals surface area contributed by atoms with E-state index in [1.54, 1.807) is 0 Å². The number of hydrogen-bond donors (Lipinski definition) is 0. The van der Waals surface area contributed by atoms with Gasteiger partial charge in [-0.15, -0.1) is 0 Å². The maximum Gasteiger partial charge on any atom is 0.0736 e. The van der Waals surface area contributed by atoms with Crippen LogP contribution in [0.1, 0.15) is 22.3 Å². The van der Waals surface area contributed by atoms with Gasteiger partial charge in [-0.1, -0.05) is 218 Å². The Balaban J connectivity index is 1.27. The van der Waals surface area contributed by atoms with Crippen molar-refractivity contribution in [3.05, 3.63) is 229 Å². The van der Waals surface area contributed by atoms with E-state index in [0.717, 1.165) is 0 Å². The van der Waals surface area contributed by atoms with Crippen molar-refractivity contribution in [2.45, 2.75) is 15.2 Å². The van der Waals surface area contributed by atoms with E-state index >= 15 is 0 Å². The van der Waals surface area contributed by atoms with Crippen molar-refractivity contribution in [3.8, 4) is 22.3 Å². The van der Waals surface area contributed by atoms with E-state index in [1.807, 2.05) is 11.8 Å². The maximum absolute atomic E-state index is 2.41. The van der Waals surface area contributed by atoms with Crippen LogP contribution in [0.2, 0.25) is 0 Å². The van der Waals surface area contributed by atoms with Crippen molar-refractivity contribution >= 4 is 54.9 Å². The molecule has 54 heavy (non-hydrogen) atoms. The molecule has 252 valence electrons. The lowest BCUT2D eigenvalue weighted by molar-refractivity contribution is 0.724. The van der Waals surface area contributed by atoms with E-state index in [-0.39, 0.29) is 0 Å². The SMILES string of the molecule is c1ccc(-c2ccc(-c3ccc(C4(c5ccccc5)c5c(c6ccccc6c6ccccc56)Sc5c4c4ccccc4c4ccccc54)cc3)cc2)cc1. The molecule has 0 aliphatic carbocycles. The average molecular weight is 703 g/mol. The largest absolute Gasteiger partial charge is 0.0880 e. The number of hydrogen-bond acceptors (Lipinski definition) is 1. The first-order valence-electron chi connectivity index (χ1n) is 18.7. The molecule has 0 spiro atoms. The van der Waals surface area contributed by atoms with Crippen molar-refractivity contribution in [2.24, 2.45) is 0 Å². The molecule has 1 aliphatic heterocycles. The maximum atomic E-state index is 2.41. The summed E-state index contributed by atoms with van der Waals surface area (Å²) in [4.78, 5) is 2.67. The second kappa shape index (κ2) is 12.3. The lowest BCUT2D eigenvalue weighted by atomic mass is 9.62. The van der Waals surface area contributed by atoms with Crippen LogP contribution >= 0.6 is 11.8 Å². The third-order valence-electron chi connectivity index (χ3n) is 11.6. The smallest absolute Gasteiger partial charge is 0.0736 e. The Labute approximate surface area is 319 Å². The first kappa shape index (κ1) is 31.1. The lowest BCUT2D eigenvalue weighted by Crippen LogP contribution is -2.35. The van der Waals surface area contributed by atoms with E-state index in [2.05, 4.69) is 206 Å². The van der Waals surface area contributed by atoms with Crippen molar-refractivity contribution in [3.63, 3.8) is 0 Å². The highest BCUT2D eigenvalue weighted by atomic mass is 32.2.